The standard InChI is InChI=1S/C12H24N2O/c1-10(2)5-8-14-7-4-6-13-11(3)9-12(14)15/h10-11,13H,4-9H2,1-3H3. The van der Waals surface area contributed by atoms with Crippen LogP contribution in [0.3, 0.4) is 0 Å². The maximum absolute atomic E-state index is 11.9. The van der Waals surface area contributed by atoms with E-state index in [1.54, 1.807) is 0 Å². The largest absolute Gasteiger partial charge is 0.343 e. The zero-order valence-corrected chi connectivity index (χ0v) is 10.3. The van der Waals surface area contributed by atoms with Crippen LogP contribution < -0.4 is 5.32 Å². The Hall–Kier alpha value is -0.570. The molecule has 0 aromatic rings. The van der Waals surface area contributed by atoms with Crippen LogP contribution in [-0.2, 0) is 4.79 Å². The van der Waals surface area contributed by atoms with Crippen LogP contribution in [-0.4, -0.2) is 36.5 Å². The summed E-state index contributed by atoms with van der Waals surface area (Å²) in [6.07, 6.45) is 2.85. The summed E-state index contributed by atoms with van der Waals surface area (Å²) in [5.41, 5.74) is 0. The molecule has 88 valence electrons. The van der Waals surface area contributed by atoms with E-state index in [2.05, 4.69) is 26.1 Å². The van der Waals surface area contributed by atoms with Crippen molar-refractivity contribution in [1.82, 2.24) is 10.2 Å². The molecule has 0 aromatic carbocycles. The van der Waals surface area contributed by atoms with Gasteiger partial charge in [0.15, 0.2) is 0 Å². The zero-order valence-electron chi connectivity index (χ0n) is 10.3. The van der Waals surface area contributed by atoms with Gasteiger partial charge in [-0.15, -0.1) is 0 Å². The highest BCUT2D eigenvalue weighted by Gasteiger charge is 2.18. The number of carbonyl (C=O) groups is 1. The molecule has 1 saturated heterocycles. The fraction of sp³-hybridized carbons (Fsp3) is 0.917. The number of carbonyl (C=O) groups excluding carboxylic acids is 1. The highest BCUT2D eigenvalue weighted by Crippen LogP contribution is 2.08. The average molecular weight is 212 g/mol. The molecular weight excluding hydrogens is 188 g/mol. The molecule has 0 saturated carbocycles. The van der Waals surface area contributed by atoms with Crippen LogP contribution in [0.5, 0.6) is 0 Å². The first kappa shape index (κ1) is 12.5. The van der Waals surface area contributed by atoms with Crippen LogP contribution in [0.2, 0.25) is 0 Å². The first-order valence-corrected chi connectivity index (χ1v) is 6.10. The molecular formula is C12H24N2O. The van der Waals surface area contributed by atoms with Gasteiger partial charge in [-0.1, -0.05) is 13.8 Å². The Labute approximate surface area is 93.2 Å². The third kappa shape index (κ3) is 4.65. The van der Waals surface area contributed by atoms with Crippen LogP contribution in [0.4, 0.5) is 0 Å². The maximum atomic E-state index is 11.9. The first-order valence-electron chi connectivity index (χ1n) is 6.10. The topological polar surface area (TPSA) is 32.3 Å². The molecule has 1 rings (SSSR count). The van der Waals surface area contributed by atoms with Crippen molar-refractivity contribution in [3.63, 3.8) is 0 Å². The summed E-state index contributed by atoms with van der Waals surface area (Å²) in [6, 6.07) is 0.333. The minimum Gasteiger partial charge on any atom is -0.343 e. The number of nitrogens with zero attached hydrogens (tertiary/aromatic N) is 1. The van der Waals surface area contributed by atoms with Gasteiger partial charge in [-0.25, -0.2) is 0 Å². The van der Waals surface area contributed by atoms with E-state index in [1.165, 1.54) is 0 Å². The Morgan fingerprint density at radius 1 is 1.53 bits per heavy atom. The van der Waals surface area contributed by atoms with Gasteiger partial charge < -0.3 is 10.2 Å². The minimum atomic E-state index is 0.315. The zero-order chi connectivity index (χ0) is 11.3. The van der Waals surface area contributed by atoms with Gasteiger partial charge in [0.1, 0.15) is 0 Å². The molecule has 1 atom stereocenters. The van der Waals surface area contributed by atoms with Gasteiger partial charge >= 0.3 is 0 Å². The molecule has 0 radical (unpaired) electrons. The third-order valence-electron chi connectivity index (χ3n) is 2.91. The van der Waals surface area contributed by atoms with Crippen LogP contribution in [0.25, 0.3) is 0 Å². The number of nitrogens with one attached hydrogen (secondary N) is 1. The predicted octanol–water partition coefficient (Wildman–Crippen LogP) is 1.63. The molecule has 1 amide bonds. The second-order valence-electron chi connectivity index (χ2n) is 4.98. The van der Waals surface area contributed by atoms with Gasteiger partial charge in [-0.3, -0.25) is 4.79 Å². The lowest BCUT2D eigenvalue weighted by molar-refractivity contribution is -0.132. The minimum absolute atomic E-state index is 0.315. The smallest absolute Gasteiger partial charge is 0.224 e. The van der Waals surface area contributed by atoms with E-state index in [0.29, 0.717) is 24.3 Å². The molecule has 0 aliphatic carbocycles. The molecule has 3 heteroatoms. The van der Waals surface area contributed by atoms with Crippen molar-refractivity contribution >= 4 is 5.91 Å². The molecule has 0 spiro atoms. The summed E-state index contributed by atoms with van der Waals surface area (Å²) in [4.78, 5) is 13.9. The van der Waals surface area contributed by atoms with E-state index in [9.17, 15) is 4.79 Å². The predicted molar refractivity (Wildman–Crippen MR) is 62.7 cm³/mol. The van der Waals surface area contributed by atoms with E-state index >= 15 is 0 Å². The average Bonchev–Trinajstić information content (AvgIpc) is 2.13. The summed E-state index contributed by atoms with van der Waals surface area (Å²) in [7, 11) is 0. The molecule has 0 bridgehead atoms. The number of rotatable bonds is 3. The van der Waals surface area contributed by atoms with Gasteiger partial charge in [0.25, 0.3) is 0 Å². The van der Waals surface area contributed by atoms with Crippen molar-refractivity contribution in [2.45, 2.75) is 46.1 Å². The Kier molecular flexibility index (Phi) is 5.09. The lowest BCUT2D eigenvalue weighted by Crippen LogP contribution is -2.42. The fourth-order valence-electron chi connectivity index (χ4n) is 1.86. The van der Waals surface area contributed by atoms with Gasteiger partial charge in [0, 0.05) is 25.6 Å². The lowest BCUT2D eigenvalue weighted by atomic mass is 10.1. The fourth-order valence-corrected chi connectivity index (χ4v) is 1.86. The second kappa shape index (κ2) is 6.11. The van der Waals surface area contributed by atoms with E-state index in [4.69, 9.17) is 0 Å². The van der Waals surface area contributed by atoms with Gasteiger partial charge in [-0.2, -0.15) is 0 Å². The molecule has 1 heterocycles. The van der Waals surface area contributed by atoms with Gasteiger partial charge in [0.2, 0.25) is 5.91 Å². The van der Waals surface area contributed by atoms with Crippen LogP contribution >= 0.6 is 0 Å². The summed E-state index contributed by atoms with van der Waals surface area (Å²) in [5.74, 6) is 0.995. The highest BCUT2D eigenvalue weighted by molar-refractivity contribution is 5.76. The van der Waals surface area contributed by atoms with Crippen molar-refractivity contribution in [3.05, 3.63) is 0 Å². The van der Waals surface area contributed by atoms with Crippen molar-refractivity contribution < 1.29 is 4.79 Å². The van der Waals surface area contributed by atoms with Crippen molar-refractivity contribution in [3.8, 4) is 0 Å². The van der Waals surface area contributed by atoms with Gasteiger partial charge in [-0.05, 0) is 32.2 Å². The van der Waals surface area contributed by atoms with Crippen molar-refractivity contribution in [2.75, 3.05) is 19.6 Å². The van der Waals surface area contributed by atoms with Crippen LogP contribution in [0.1, 0.15) is 40.0 Å². The third-order valence-corrected chi connectivity index (χ3v) is 2.91. The van der Waals surface area contributed by atoms with E-state index in [-0.39, 0.29) is 0 Å². The van der Waals surface area contributed by atoms with E-state index in [1.807, 2.05) is 4.90 Å². The molecule has 1 aliphatic rings. The number of hydrogen-bond acceptors (Lipinski definition) is 2. The van der Waals surface area contributed by atoms with Gasteiger partial charge in [0.05, 0.1) is 0 Å². The summed E-state index contributed by atoms with van der Waals surface area (Å²) in [6.45, 7) is 9.39. The normalized spacial score (nSPS) is 24.1. The molecule has 1 fully saturated rings. The summed E-state index contributed by atoms with van der Waals surface area (Å²) in [5, 5.41) is 3.35. The van der Waals surface area contributed by atoms with Crippen molar-refractivity contribution in [2.24, 2.45) is 5.92 Å². The quantitative estimate of drug-likeness (QED) is 0.771. The Balaban J connectivity index is 2.41. The first-order chi connectivity index (χ1) is 7.09. The molecule has 0 aromatic heterocycles. The molecule has 1 aliphatic heterocycles. The summed E-state index contributed by atoms with van der Waals surface area (Å²) >= 11 is 0. The molecule has 1 unspecified atom stereocenters. The summed E-state index contributed by atoms with van der Waals surface area (Å²) < 4.78 is 0. The SMILES string of the molecule is CC(C)CCN1CCCNC(C)CC1=O. The molecule has 15 heavy (non-hydrogen) atoms. The second-order valence-corrected chi connectivity index (χ2v) is 4.98. The maximum Gasteiger partial charge on any atom is 0.224 e. The molecule has 1 N–H and O–H groups in total. The lowest BCUT2D eigenvalue weighted by Gasteiger charge is -2.28. The Morgan fingerprint density at radius 3 is 2.93 bits per heavy atom. The highest BCUT2D eigenvalue weighted by atomic mass is 16.2. The van der Waals surface area contributed by atoms with E-state index in [0.717, 1.165) is 32.5 Å². The Bertz CT molecular complexity index is 204. The monoisotopic (exact) mass is 212 g/mol. The number of amides is 1. The van der Waals surface area contributed by atoms with Crippen LogP contribution in [0.15, 0.2) is 0 Å². The Morgan fingerprint density at radius 2 is 2.27 bits per heavy atom. The van der Waals surface area contributed by atoms with Crippen molar-refractivity contribution in [1.29, 1.82) is 0 Å². The van der Waals surface area contributed by atoms with E-state index < -0.39 is 0 Å². The molecule has 3 nitrogen and oxygen atoms in total. The number of hydrogen-bond donors (Lipinski definition) is 1. The van der Waals surface area contributed by atoms with Crippen LogP contribution in [0, 0.1) is 5.92 Å².